The minimum absolute atomic E-state index is 0.484. The SMILES string of the molecule is O=c1nc2ccccc2c2ccc(cc2)c2ccccc2n1. The van der Waals surface area contributed by atoms with Crippen molar-refractivity contribution in [3.63, 3.8) is 0 Å². The van der Waals surface area contributed by atoms with Gasteiger partial charge in [0.25, 0.3) is 0 Å². The van der Waals surface area contributed by atoms with E-state index in [2.05, 4.69) is 34.2 Å². The number of hydrogen-bond donors (Lipinski definition) is 0. The lowest BCUT2D eigenvalue weighted by Gasteiger charge is -1.97. The lowest BCUT2D eigenvalue weighted by Crippen LogP contribution is -2.06. The predicted molar refractivity (Wildman–Crippen MR) is 89.6 cm³/mol. The van der Waals surface area contributed by atoms with Gasteiger partial charge in [-0.3, -0.25) is 0 Å². The van der Waals surface area contributed by atoms with Crippen LogP contribution in [0.25, 0.3) is 32.6 Å². The molecule has 0 spiro atoms. The molecule has 0 aliphatic rings. The summed E-state index contributed by atoms with van der Waals surface area (Å²) in [6, 6.07) is 23.4. The van der Waals surface area contributed by atoms with Crippen molar-refractivity contribution >= 4 is 32.6 Å². The van der Waals surface area contributed by atoms with E-state index in [0.717, 1.165) is 21.5 Å². The van der Waals surface area contributed by atoms with E-state index < -0.39 is 5.69 Å². The summed E-state index contributed by atoms with van der Waals surface area (Å²) >= 11 is 0. The van der Waals surface area contributed by atoms with Gasteiger partial charge in [0.2, 0.25) is 0 Å². The highest BCUT2D eigenvalue weighted by molar-refractivity contribution is 5.99. The van der Waals surface area contributed by atoms with Crippen molar-refractivity contribution < 1.29 is 0 Å². The van der Waals surface area contributed by atoms with Gasteiger partial charge in [0, 0.05) is 10.8 Å². The van der Waals surface area contributed by atoms with Gasteiger partial charge in [-0.1, -0.05) is 60.7 Å². The van der Waals surface area contributed by atoms with E-state index in [-0.39, 0.29) is 0 Å². The Hall–Kier alpha value is -3.07. The third kappa shape index (κ3) is 2.13. The maximum Gasteiger partial charge on any atom is 0.368 e. The van der Waals surface area contributed by atoms with Crippen molar-refractivity contribution in [3.05, 3.63) is 83.3 Å². The first kappa shape index (κ1) is 12.7. The molecule has 0 N–H and O–H groups in total. The molecule has 0 saturated heterocycles. The summed E-state index contributed by atoms with van der Waals surface area (Å²) in [6.45, 7) is 0. The molecule has 0 atom stereocenters. The molecule has 0 radical (unpaired) electrons. The van der Waals surface area contributed by atoms with Crippen LogP contribution in [0.2, 0.25) is 0 Å². The zero-order chi connectivity index (χ0) is 14.9. The Labute approximate surface area is 126 Å². The van der Waals surface area contributed by atoms with Crippen LogP contribution >= 0.6 is 0 Å². The first-order chi connectivity index (χ1) is 10.8. The number of para-hydroxylation sites is 2. The molecule has 3 heteroatoms. The van der Waals surface area contributed by atoms with E-state index >= 15 is 0 Å². The van der Waals surface area contributed by atoms with Gasteiger partial charge in [0.05, 0.1) is 11.0 Å². The van der Waals surface area contributed by atoms with Crippen LogP contribution in [0.1, 0.15) is 0 Å². The molecule has 0 unspecified atom stereocenters. The van der Waals surface area contributed by atoms with Gasteiger partial charge in [-0.25, -0.2) is 4.79 Å². The van der Waals surface area contributed by atoms with Crippen LogP contribution in [-0.2, 0) is 0 Å². The van der Waals surface area contributed by atoms with E-state index in [4.69, 9.17) is 0 Å². The maximum atomic E-state index is 12.2. The minimum atomic E-state index is -0.484. The monoisotopic (exact) mass is 284 g/mol. The van der Waals surface area contributed by atoms with Crippen molar-refractivity contribution in [2.75, 3.05) is 0 Å². The molecule has 2 bridgehead atoms. The average molecular weight is 284 g/mol. The summed E-state index contributed by atoms with van der Waals surface area (Å²) in [5.74, 6) is 0. The standard InChI is InChI=1S/C19H12N2O/c22-19-20-17-7-3-1-5-15(17)13-9-11-14(12-10-13)16-6-2-4-8-18(16)21-19/h1-12H. The van der Waals surface area contributed by atoms with E-state index in [0.29, 0.717) is 11.0 Å². The van der Waals surface area contributed by atoms with Crippen molar-refractivity contribution in [1.82, 2.24) is 9.97 Å². The van der Waals surface area contributed by atoms with Crippen molar-refractivity contribution in [2.45, 2.75) is 0 Å². The topological polar surface area (TPSA) is 42.9 Å². The Morgan fingerprint density at radius 3 is 1.41 bits per heavy atom. The Bertz CT molecular complexity index is 998. The second-order valence-electron chi connectivity index (χ2n) is 5.12. The van der Waals surface area contributed by atoms with Gasteiger partial charge in [-0.15, -0.1) is 0 Å². The van der Waals surface area contributed by atoms with Gasteiger partial charge in [-0.05, 0) is 22.9 Å². The first-order valence-electron chi connectivity index (χ1n) is 7.07. The van der Waals surface area contributed by atoms with Crippen molar-refractivity contribution in [3.8, 4) is 0 Å². The van der Waals surface area contributed by atoms with Gasteiger partial charge < -0.3 is 0 Å². The third-order valence-corrected chi connectivity index (χ3v) is 3.75. The van der Waals surface area contributed by atoms with Crippen LogP contribution in [0.5, 0.6) is 0 Å². The molecule has 5 rings (SSSR count). The molecule has 104 valence electrons. The molecule has 0 aliphatic carbocycles. The number of benzene rings is 3. The molecule has 0 amide bonds. The van der Waals surface area contributed by atoms with E-state index in [9.17, 15) is 4.79 Å². The van der Waals surface area contributed by atoms with Crippen molar-refractivity contribution in [1.29, 1.82) is 0 Å². The summed E-state index contributed by atoms with van der Waals surface area (Å²) < 4.78 is 0. The number of aromatic nitrogens is 2. The van der Waals surface area contributed by atoms with Crippen LogP contribution in [-0.4, -0.2) is 9.97 Å². The summed E-state index contributed by atoms with van der Waals surface area (Å²) in [6.07, 6.45) is 0. The van der Waals surface area contributed by atoms with E-state index in [1.165, 1.54) is 0 Å². The molecule has 3 nitrogen and oxygen atoms in total. The van der Waals surface area contributed by atoms with Gasteiger partial charge >= 0.3 is 5.69 Å². The smallest absolute Gasteiger partial charge is 0.244 e. The Kier molecular flexibility index (Phi) is 2.90. The lowest BCUT2D eigenvalue weighted by atomic mass is 10.1. The molecule has 5 aromatic rings. The van der Waals surface area contributed by atoms with E-state index in [1.54, 1.807) is 0 Å². The fourth-order valence-corrected chi connectivity index (χ4v) is 2.69. The summed E-state index contributed by atoms with van der Waals surface area (Å²) in [7, 11) is 0. The Balaban J connectivity index is 2.35. The number of nitrogens with zero attached hydrogens (tertiary/aromatic N) is 2. The predicted octanol–water partition coefficient (Wildman–Crippen LogP) is 3.86. The maximum absolute atomic E-state index is 12.2. The highest BCUT2D eigenvalue weighted by Crippen LogP contribution is 2.20. The van der Waals surface area contributed by atoms with Crippen LogP contribution in [0.15, 0.2) is 77.6 Å². The van der Waals surface area contributed by atoms with E-state index in [1.807, 2.05) is 48.5 Å². The molecule has 22 heavy (non-hydrogen) atoms. The number of rotatable bonds is 0. The highest BCUT2D eigenvalue weighted by Gasteiger charge is 1.99. The fraction of sp³-hybridized carbons (Fsp3) is 0. The van der Waals surface area contributed by atoms with Gasteiger partial charge in [0.15, 0.2) is 0 Å². The fourth-order valence-electron chi connectivity index (χ4n) is 2.69. The van der Waals surface area contributed by atoms with Crippen LogP contribution in [0.3, 0.4) is 0 Å². The van der Waals surface area contributed by atoms with Gasteiger partial charge in [0.1, 0.15) is 0 Å². The highest BCUT2D eigenvalue weighted by atomic mass is 16.1. The number of hydrogen-bond acceptors (Lipinski definition) is 3. The summed E-state index contributed by atoms with van der Waals surface area (Å²) in [4.78, 5) is 20.5. The quantitative estimate of drug-likeness (QED) is 0.492. The van der Waals surface area contributed by atoms with Crippen LogP contribution in [0.4, 0.5) is 0 Å². The third-order valence-electron chi connectivity index (χ3n) is 3.75. The summed E-state index contributed by atoms with van der Waals surface area (Å²) in [5.41, 5.74) is 0.800. The second kappa shape index (κ2) is 5.04. The molecular formula is C19H12N2O. The molecule has 0 aliphatic heterocycles. The molecule has 3 aromatic carbocycles. The normalized spacial score (nSPS) is 10.9. The molecule has 2 heterocycles. The second-order valence-corrected chi connectivity index (χ2v) is 5.12. The zero-order valence-corrected chi connectivity index (χ0v) is 11.7. The van der Waals surface area contributed by atoms with Crippen LogP contribution in [0, 0.1) is 0 Å². The average Bonchev–Trinajstić information content (AvgIpc) is 2.59. The Morgan fingerprint density at radius 1 is 0.545 bits per heavy atom. The molecule has 2 aromatic heterocycles. The van der Waals surface area contributed by atoms with Crippen molar-refractivity contribution in [2.24, 2.45) is 0 Å². The first-order valence-corrected chi connectivity index (χ1v) is 7.07. The molecule has 0 saturated carbocycles. The molecule has 0 fully saturated rings. The number of fused-ring (bicyclic) bond motifs is 4. The molecular weight excluding hydrogens is 272 g/mol. The Morgan fingerprint density at radius 2 is 0.955 bits per heavy atom. The minimum Gasteiger partial charge on any atom is -0.244 e. The largest absolute Gasteiger partial charge is 0.368 e. The zero-order valence-electron chi connectivity index (χ0n) is 11.7. The van der Waals surface area contributed by atoms with Gasteiger partial charge in [-0.2, -0.15) is 9.97 Å². The summed E-state index contributed by atoms with van der Waals surface area (Å²) in [5, 5.41) is 3.94. The van der Waals surface area contributed by atoms with Crippen LogP contribution < -0.4 is 5.69 Å². The lowest BCUT2D eigenvalue weighted by molar-refractivity contribution is 1.16.